The lowest BCUT2D eigenvalue weighted by molar-refractivity contribution is -0.116. The lowest BCUT2D eigenvalue weighted by Gasteiger charge is -2.10. The Balaban J connectivity index is 1.15. The maximum Gasteiger partial charge on any atom is 0.230 e. The van der Waals surface area contributed by atoms with Gasteiger partial charge in [0, 0.05) is 12.8 Å². The smallest absolute Gasteiger partial charge is 0.230 e. The van der Waals surface area contributed by atoms with Crippen molar-refractivity contribution in [3.05, 3.63) is 69.7 Å². The van der Waals surface area contributed by atoms with Gasteiger partial charge in [0.25, 0.3) is 0 Å². The van der Waals surface area contributed by atoms with Gasteiger partial charge in [-0.2, -0.15) is 0 Å². The van der Waals surface area contributed by atoms with E-state index in [0.717, 1.165) is 46.8 Å². The van der Waals surface area contributed by atoms with Crippen LogP contribution in [0.25, 0.3) is 0 Å². The first-order valence-electron chi connectivity index (χ1n) is 14.4. The number of amides is 2. The molecule has 6 rings (SSSR count). The molecule has 4 aromatic rings. The van der Waals surface area contributed by atoms with Crippen molar-refractivity contribution in [2.75, 3.05) is 50.3 Å². The number of carbonyl (C=O) groups excluding carboxylic acids is 2. The minimum Gasteiger partial charge on any atom is -0.491 e. The van der Waals surface area contributed by atoms with E-state index in [2.05, 4.69) is 31.0 Å². The van der Waals surface area contributed by atoms with Gasteiger partial charge >= 0.3 is 0 Å². The van der Waals surface area contributed by atoms with Crippen LogP contribution < -0.4 is 20.1 Å². The van der Waals surface area contributed by atoms with Crippen LogP contribution >= 0.6 is 22.7 Å². The van der Waals surface area contributed by atoms with Gasteiger partial charge in [-0.3, -0.25) is 9.59 Å². The summed E-state index contributed by atoms with van der Waals surface area (Å²) in [6, 6.07) is 14.9. The lowest BCUT2D eigenvalue weighted by atomic mass is 10.1. The number of nitrogens with one attached hydrogen (secondary N) is 2. The molecule has 232 valence electrons. The molecule has 2 N–H and O–H groups in total. The van der Waals surface area contributed by atoms with E-state index in [1.807, 2.05) is 48.5 Å². The minimum absolute atomic E-state index is 0.155. The van der Waals surface area contributed by atoms with Gasteiger partial charge in [0.05, 0.1) is 39.3 Å². The maximum absolute atomic E-state index is 12.6. The standard InChI is InChI=1S/C30H34N6O6S2/c37-25-19-21-8-10-23(11-9-21)41-16-14-39-12-13-40-15-17-42-24-5-3-4-22(18-24)20-26(38)32-30-36-34-28(44-30)7-2-1-6-27-33-35-29(31-25)43-27/h3-5,8-11,18H,1-2,6-7,12-17,19-20H2,(H,31,35,37)(H,32,36,38). The first-order chi connectivity index (χ1) is 21.6. The Morgan fingerprint density at radius 1 is 0.591 bits per heavy atom. The number of rotatable bonds is 0. The van der Waals surface area contributed by atoms with Gasteiger partial charge in [-0.1, -0.05) is 46.9 Å². The van der Waals surface area contributed by atoms with Crippen LogP contribution in [-0.2, 0) is 44.7 Å². The molecule has 0 saturated heterocycles. The number of hydrogen-bond acceptors (Lipinski definition) is 12. The molecule has 0 saturated carbocycles. The molecule has 0 radical (unpaired) electrons. The Kier molecular flexibility index (Phi) is 12.0. The maximum atomic E-state index is 12.6. The van der Waals surface area contributed by atoms with Crippen molar-refractivity contribution >= 4 is 44.8 Å². The highest BCUT2D eigenvalue weighted by Gasteiger charge is 2.12. The monoisotopic (exact) mass is 638 g/mol. The van der Waals surface area contributed by atoms with Crippen LogP contribution in [0.3, 0.4) is 0 Å². The van der Waals surface area contributed by atoms with Crippen molar-refractivity contribution in [1.29, 1.82) is 0 Å². The van der Waals surface area contributed by atoms with Crippen LogP contribution in [0, 0.1) is 0 Å². The second-order valence-corrected chi connectivity index (χ2v) is 12.0. The van der Waals surface area contributed by atoms with Crippen molar-refractivity contribution in [3.8, 4) is 11.5 Å². The molecule has 8 bridgehead atoms. The fraction of sp³-hybridized carbons (Fsp3) is 0.400. The van der Waals surface area contributed by atoms with Crippen LogP contribution in [-0.4, -0.2) is 71.9 Å². The van der Waals surface area contributed by atoms with E-state index < -0.39 is 0 Å². The quantitative estimate of drug-likeness (QED) is 0.270. The second-order valence-electron chi connectivity index (χ2n) is 9.87. The van der Waals surface area contributed by atoms with E-state index in [9.17, 15) is 9.59 Å². The Morgan fingerprint density at radius 3 is 1.75 bits per heavy atom. The van der Waals surface area contributed by atoms with E-state index in [1.54, 1.807) is 0 Å². The van der Waals surface area contributed by atoms with Crippen LogP contribution in [0.15, 0.2) is 48.5 Å². The molecular weight excluding hydrogens is 605 g/mol. The van der Waals surface area contributed by atoms with Gasteiger partial charge in [-0.15, -0.1) is 20.4 Å². The molecule has 2 aromatic carbocycles. The average molecular weight is 639 g/mol. The Morgan fingerprint density at radius 2 is 1.14 bits per heavy atom. The Bertz CT molecular complexity index is 1500. The zero-order valence-corrected chi connectivity index (χ0v) is 25.8. The molecule has 0 unspecified atom stereocenters. The second kappa shape index (κ2) is 16.8. The van der Waals surface area contributed by atoms with Crippen LogP contribution in [0.1, 0.15) is 34.0 Å². The summed E-state index contributed by atoms with van der Waals surface area (Å²) in [4.78, 5) is 25.1. The summed E-state index contributed by atoms with van der Waals surface area (Å²) in [6.45, 7) is 2.49. The van der Waals surface area contributed by atoms with Gasteiger partial charge in [0.15, 0.2) is 0 Å². The summed E-state index contributed by atoms with van der Waals surface area (Å²) < 4.78 is 22.7. The molecule has 0 spiro atoms. The number of benzene rings is 2. The number of fused-ring (bicyclic) bond motifs is 18. The number of aromatic nitrogens is 4. The lowest BCUT2D eigenvalue weighted by Crippen LogP contribution is -2.15. The summed E-state index contributed by atoms with van der Waals surface area (Å²) in [5.74, 6) is 1.06. The third-order valence-corrected chi connectivity index (χ3v) is 8.17. The number of carbonyl (C=O) groups is 2. The molecule has 2 aromatic heterocycles. The normalized spacial score (nSPS) is 16.6. The number of anilines is 2. The minimum atomic E-state index is -0.170. The summed E-state index contributed by atoms with van der Waals surface area (Å²) in [7, 11) is 0. The Hall–Kier alpha value is -3.98. The molecule has 44 heavy (non-hydrogen) atoms. The van der Waals surface area contributed by atoms with Crippen LogP contribution in [0.2, 0.25) is 0 Å². The van der Waals surface area contributed by atoms with E-state index in [1.165, 1.54) is 22.7 Å². The largest absolute Gasteiger partial charge is 0.491 e. The highest BCUT2D eigenvalue weighted by Crippen LogP contribution is 2.21. The highest BCUT2D eigenvalue weighted by molar-refractivity contribution is 7.15. The molecule has 2 aliphatic heterocycles. The summed E-state index contributed by atoms with van der Waals surface area (Å²) in [5.41, 5.74) is 1.70. The first-order valence-corrected chi connectivity index (χ1v) is 16.1. The van der Waals surface area contributed by atoms with Crippen molar-refractivity contribution in [2.24, 2.45) is 0 Å². The zero-order valence-electron chi connectivity index (χ0n) is 24.2. The van der Waals surface area contributed by atoms with Crippen molar-refractivity contribution in [1.82, 2.24) is 20.4 Å². The number of hydrogen-bond donors (Lipinski definition) is 2. The molecule has 2 aliphatic rings. The molecule has 14 heteroatoms. The van der Waals surface area contributed by atoms with Crippen molar-refractivity contribution in [3.63, 3.8) is 0 Å². The fourth-order valence-corrected chi connectivity index (χ4v) is 5.86. The SMILES string of the molecule is O=C1Cc2ccc(cc2)OCCOCCOCCOc2cccc(c2)CC(=O)Nc2nnc(s2)CCCCc2nnc(s2)N1. The van der Waals surface area contributed by atoms with Gasteiger partial charge in [-0.05, 0) is 48.2 Å². The summed E-state index contributed by atoms with van der Waals surface area (Å²) >= 11 is 2.76. The molecule has 2 amide bonds. The van der Waals surface area contributed by atoms with Gasteiger partial charge in [0.1, 0.15) is 34.7 Å². The molecule has 12 nitrogen and oxygen atoms in total. The van der Waals surface area contributed by atoms with Crippen molar-refractivity contribution in [2.45, 2.75) is 38.5 Å². The number of nitrogens with zero attached hydrogens (tertiary/aromatic N) is 4. The third-order valence-electron chi connectivity index (χ3n) is 6.37. The molecular formula is C30H34N6O6S2. The number of ether oxygens (including phenoxy) is 4. The van der Waals surface area contributed by atoms with Crippen molar-refractivity contribution < 1.29 is 28.5 Å². The molecule has 0 aliphatic carbocycles. The third kappa shape index (κ3) is 10.6. The van der Waals surface area contributed by atoms with Gasteiger partial charge in [0.2, 0.25) is 22.1 Å². The fourth-order valence-electron chi connectivity index (χ4n) is 4.27. The summed E-state index contributed by atoms with van der Waals surface area (Å²) in [5, 5.41) is 25.0. The molecule has 4 heterocycles. The van der Waals surface area contributed by atoms with E-state index in [4.69, 9.17) is 18.9 Å². The predicted octanol–water partition coefficient (Wildman–Crippen LogP) is 4.12. The van der Waals surface area contributed by atoms with Crippen LogP contribution in [0.5, 0.6) is 11.5 Å². The molecule has 0 fully saturated rings. The molecule has 0 atom stereocenters. The van der Waals surface area contributed by atoms with E-state index >= 15 is 0 Å². The van der Waals surface area contributed by atoms with E-state index in [-0.39, 0.29) is 24.7 Å². The summed E-state index contributed by atoms with van der Waals surface area (Å²) in [6.07, 6.45) is 3.68. The van der Waals surface area contributed by atoms with Crippen LogP contribution in [0.4, 0.5) is 10.3 Å². The number of aryl methyl sites for hydroxylation is 2. The highest BCUT2D eigenvalue weighted by atomic mass is 32.1. The Labute approximate surface area is 263 Å². The van der Waals surface area contributed by atoms with Gasteiger partial charge in [-0.25, -0.2) is 0 Å². The van der Waals surface area contributed by atoms with Gasteiger partial charge < -0.3 is 29.6 Å². The first kappa shape index (κ1) is 31.4. The predicted molar refractivity (Wildman–Crippen MR) is 167 cm³/mol. The zero-order chi connectivity index (χ0) is 30.4. The average Bonchev–Trinajstić information content (AvgIpc) is 3.65. The van der Waals surface area contributed by atoms with E-state index in [0.29, 0.717) is 61.4 Å². The topological polar surface area (TPSA) is 147 Å².